The first-order valence-electron chi connectivity index (χ1n) is 15.5. The number of likely N-dealkylation sites (tertiary alicyclic amines) is 1. The van der Waals surface area contributed by atoms with E-state index in [9.17, 15) is 14.7 Å². The van der Waals surface area contributed by atoms with Gasteiger partial charge in [0.1, 0.15) is 17.3 Å². The van der Waals surface area contributed by atoms with Crippen molar-refractivity contribution in [2.75, 3.05) is 48.6 Å². The lowest BCUT2D eigenvalue weighted by Gasteiger charge is -2.69. The lowest BCUT2D eigenvalue weighted by molar-refractivity contribution is -0.285. The molecule has 0 aromatic heterocycles. The fourth-order valence-corrected chi connectivity index (χ4v) is 12.2. The number of nitrogens with zero attached hydrogens (tertiary/aromatic N) is 1. The van der Waals surface area contributed by atoms with Crippen LogP contribution in [-0.4, -0.2) is 112 Å². The van der Waals surface area contributed by atoms with E-state index < -0.39 is 46.7 Å². The molecule has 6 fully saturated rings. The van der Waals surface area contributed by atoms with Gasteiger partial charge in [-0.1, -0.05) is 18.2 Å². The van der Waals surface area contributed by atoms with E-state index in [0.717, 1.165) is 19.4 Å². The van der Waals surface area contributed by atoms with Crippen molar-refractivity contribution in [3.63, 3.8) is 0 Å². The number of carbonyl (C=O) groups excluding carboxylic acids is 2. The number of rotatable bonds is 8. The summed E-state index contributed by atoms with van der Waals surface area (Å²) in [5, 5.41) is 12.7. The molecule has 7 bridgehead atoms. The topological polar surface area (TPSA) is 113 Å². The first-order valence-corrected chi connectivity index (χ1v) is 15.5. The van der Waals surface area contributed by atoms with Crippen molar-refractivity contribution < 1.29 is 43.1 Å². The molecule has 1 aliphatic heterocycles. The average molecular weight is 600 g/mol. The SMILES string of the molecule is COCC12CCC(OC)C34C5CC6(O)C(OC)CC(OC(C)=O)(C5C6OC(=O)c5ccccc5)C(C(OC)C13)C4N(C)C2. The van der Waals surface area contributed by atoms with E-state index in [1.165, 1.54) is 6.92 Å². The zero-order valence-electron chi connectivity index (χ0n) is 26.0. The van der Waals surface area contributed by atoms with Crippen LogP contribution in [0.5, 0.6) is 0 Å². The summed E-state index contributed by atoms with van der Waals surface area (Å²) in [6.45, 7) is 2.82. The van der Waals surface area contributed by atoms with Crippen molar-refractivity contribution in [3.05, 3.63) is 35.9 Å². The number of ether oxygens (including phenoxy) is 6. The Morgan fingerprint density at radius 2 is 1.72 bits per heavy atom. The molecular weight excluding hydrogens is 554 g/mol. The number of esters is 2. The van der Waals surface area contributed by atoms with Crippen LogP contribution in [0.3, 0.4) is 0 Å². The number of benzene rings is 1. The number of hydrogen-bond donors (Lipinski definition) is 1. The van der Waals surface area contributed by atoms with Crippen LogP contribution in [0.1, 0.15) is 43.0 Å². The van der Waals surface area contributed by atoms with Gasteiger partial charge in [0, 0.05) is 83.0 Å². The summed E-state index contributed by atoms with van der Waals surface area (Å²) < 4.78 is 38.0. The third-order valence-corrected chi connectivity index (χ3v) is 12.7. The van der Waals surface area contributed by atoms with Crippen LogP contribution < -0.4 is 0 Å². The molecule has 10 heteroatoms. The van der Waals surface area contributed by atoms with Gasteiger partial charge in [-0.15, -0.1) is 0 Å². The largest absolute Gasteiger partial charge is 0.458 e. The molecule has 5 saturated carbocycles. The van der Waals surface area contributed by atoms with Crippen molar-refractivity contribution in [1.29, 1.82) is 0 Å². The summed E-state index contributed by atoms with van der Waals surface area (Å²) >= 11 is 0. The third-order valence-electron chi connectivity index (χ3n) is 12.7. The Labute approximate surface area is 253 Å². The van der Waals surface area contributed by atoms with Crippen LogP contribution >= 0.6 is 0 Å². The number of methoxy groups -OCH3 is 4. The fourth-order valence-electron chi connectivity index (χ4n) is 12.2. The van der Waals surface area contributed by atoms with E-state index in [0.29, 0.717) is 18.6 Å². The van der Waals surface area contributed by atoms with Crippen molar-refractivity contribution in [2.24, 2.45) is 34.5 Å². The lowest BCUT2D eigenvalue weighted by atomic mass is 9.43. The van der Waals surface area contributed by atoms with E-state index in [2.05, 4.69) is 11.9 Å². The first kappa shape index (κ1) is 29.6. The minimum atomic E-state index is -1.48. The van der Waals surface area contributed by atoms with E-state index >= 15 is 0 Å². The Hall–Kier alpha value is -2.08. The quantitative estimate of drug-likeness (QED) is 0.447. The molecule has 0 radical (unpaired) electrons. The van der Waals surface area contributed by atoms with Gasteiger partial charge in [-0.05, 0) is 44.4 Å². The van der Waals surface area contributed by atoms with Crippen LogP contribution in [0.2, 0.25) is 0 Å². The summed E-state index contributed by atoms with van der Waals surface area (Å²) in [5.74, 6) is -1.87. The minimum absolute atomic E-state index is 0.0201. The standard InChI is InChI=1S/C33H45NO9/c1-18(35)43-32-15-22(40-5)31(37)14-20(23(32)28(31)42-29(36)19-10-8-7-9-11-19)33-21(39-4)12-13-30(17-38-3)16-34(2)27(33)24(32)25(41-6)26(30)33/h7-11,20-28,37H,12-17H2,1-6H3. The molecule has 43 heavy (non-hydrogen) atoms. The van der Waals surface area contributed by atoms with Gasteiger partial charge < -0.3 is 38.4 Å². The summed E-state index contributed by atoms with van der Waals surface area (Å²) in [6.07, 6.45) is 0.272. The molecule has 13 unspecified atom stereocenters. The highest BCUT2D eigenvalue weighted by atomic mass is 16.6. The van der Waals surface area contributed by atoms with Crippen LogP contribution in [0.15, 0.2) is 30.3 Å². The molecule has 5 aliphatic carbocycles. The molecule has 13 atom stereocenters. The van der Waals surface area contributed by atoms with Gasteiger partial charge >= 0.3 is 11.9 Å². The average Bonchev–Trinajstić information content (AvgIpc) is 3.37. The van der Waals surface area contributed by atoms with Crippen LogP contribution in [0.25, 0.3) is 0 Å². The molecular formula is C33H45NO9. The van der Waals surface area contributed by atoms with Gasteiger partial charge in [0.25, 0.3) is 0 Å². The fraction of sp³-hybridized carbons (Fsp3) is 0.758. The Morgan fingerprint density at radius 1 is 1.00 bits per heavy atom. The Balaban J connectivity index is 1.48. The number of aliphatic hydroxyl groups is 1. The van der Waals surface area contributed by atoms with Crippen molar-refractivity contribution in [2.45, 2.75) is 74.3 Å². The first-order chi connectivity index (χ1) is 20.6. The number of piperidine rings is 1. The number of fused-ring (bicyclic) bond motifs is 2. The predicted octanol–water partition coefficient (Wildman–Crippen LogP) is 2.32. The second-order valence-corrected chi connectivity index (χ2v) is 14.1. The maximum absolute atomic E-state index is 13.7. The Morgan fingerprint density at radius 3 is 2.35 bits per heavy atom. The lowest BCUT2D eigenvalue weighted by Crippen LogP contribution is -2.77. The molecule has 1 aromatic carbocycles. The van der Waals surface area contributed by atoms with Gasteiger partial charge in [-0.25, -0.2) is 4.79 Å². The van der Waals surface area contributed by atoms with Gasteiger partial charge in [0.15, 0.2) is 0 Å². The molecule has 1 aromatic rings. The molecule has 236 valence electrons. The van der Waals surface area contributed by atoms with E-state index in [4.69, 9.17) is 28.4 Å². The molecule has 1 heterocycles. The monoisotopic (exact) mass is 599 g/mol. The summed E-state index contributed by atoms with van der Waals surface area (Å²) in [4.78, 5) is 29.2. The molecule has 1 spiro atoms. The number of carbonyl (C=O) groups is 2. The Bertz CT molecular complexity index is 1280. The Kier molecular flexibility index (Phi) is 6.86. The van der Waals surface area contributed by atoms with Crippen LogP contribution in [-0.2, 0) is 33.2 Å². The van der Waals surface area contributed by atoms with Crippen LogP contribution in [0, 0.1) is 34.5 Å². The molecule has 0 amide bonds. The van der Waals surface area contributed by atoms with E-state index in [-0.39, 0.29) is 47.8 Å². The summed E-state index contributed by atoms with van der Waals surface area (Å²) in [7, 11) is 9.01. The highest BCUT2D eigenvalue weighted by Crippen LogP contribution is 2.80. The van der Waals surface area contributed by atoms with Gasteiger partial charge in [0.2, 0.25) is 0 Å². The molecule has 10 nitrogen and oxygen atoms in total. The summed E-state index contributed by atoms with van der Waals surface area (Å²) in [5.41, 5.74) is -2.88. The van der Waals surface area contributed by atoms with Gasteiger partial charge in [-0.2, -0.15) is 0 Å². The number of hydrogen-bond acceptors (Lipinski definition) is 10. The van der Waals surface area contributed by atoms with E-state index in [1.807, 2.05) is 6.07 Å². The normalized spacial score (nSPS) is 49.0. The van der Waals surface area contributed by atoms with E-state index in [1.54, 1.807) is 52.7 Å². The summed E-state index contributed by atoms with van der Waals surface area (Å²) in [6, 6.07) is 8.77. The zero-order chi connectivity index (χ0) is 30.5. The predicted molar refractivity (Wildman–Crippen MR) is 153 cm³/mol. The molecule has 1 N–H and O–H groups in total. The van der Waals surface area contributed by atoms with Gasteiger partial charge in [-0.3, -0.25) is 4.79 Å². The maximum Gasteiger partial charge on any atom is 0.338 e. The molecule has 7 rings (SSSR count). The van der Waals surface area contributed by atoms with Crippen molar-refractivity contribution in [3.8, 4) is 0 Å². The molecule has 6 aliphatic rings. The minimum Gasteiger partial charge on any atom is -0.458 e. The van der Waals surface area contributed by atoms with Crippen LogP contribution in [0.4, 0.5) is 0 Å². The highest BCUT2D eigenvalue weighted by molar-refractivity contribution is 5.89. The third kappa shape index (κ3) is 3.51. The van der Waals surface area contributed by atoms with Crippen molar-refractivity contribution in [1.82, 2.24) is 4.90 Å². The van der Waals surface area contributed by atoms with Crippen molar-refractivity contribution >= 4 is 11.9 Å². The second-order valence-electron chi connectivity index (χ2n) is 14.1. The zero-order valence-corrected chi connectivity index (χ0v) is 26.0. The highest BCUT2D eigenvalue weighted by Gasteiger charge is 2.89. The smallest absolute Gasteiger partial charge is 0.338 e. The maximum atomic E-state index is 13.7. The molecule has 1 saturated heterocycles. The van der Waals surface area contributed by atoms with Gasteiger partial charge in [0.05, 0.1) is 30.5 Å². The second kappa shape index (κ2) is 9.96.